The highest BCUT2D eigenvalue weighted by Crippen LogP contribution is 2.38. The molecule has 0 radical (unpaired) electrons. The second-order valence-electron chi connectivity index (χ2n) is 7.47. The van der Waals surface area contributed by atoms with Crippen molar-refractivity contribution in [2.24, 2.45) is 0 Å². The molecule has 8 heteroatoms. The van der Waals surface area contributed by atoms with Gasteiger partial charge in [0.05, 0.1) is 18.2 Å². The zero-order valence-corrected chi connectivity index (χ0v) is 19.8. The van der Waals surface area contributed by atoms with E-state index in [0.717, 1.165) is 41.1 Å². The zero-order chi connectivity index (χ0) is 22.7. The van der Waals surface area contributed by atoms with E-state index in [1.165, 1.54) is 0 Å². The number of allylic oxidation sites excluding steroid dienone is 1. The fraction of sp³-hybridized carbons (Fsp3) is 0.292. The number of hydrogen-bond acceptors (Lipinski definition) is 5. The molecule has 0 bridgehead atoms. The Bertz CT molecular complexity index is 1140. The molecule has 0 spiro atoms. The SMILES string of the molecule is CCCN1C(=S)NC(c2ccc(OCC)cc2)C(c2nc(-c3cccc(Cl)c3)no2)=C1C. The number of hydrogen-bond donors (Lipinski definition) is 1. The molecule has 6 nitrogen and oxygen atoms in total. The van der Waals surface area contributed by atoms with Crippen molar-refractivity contribution in [2.75, 3.05) is 13.2 Å². The van der Waals surface area contributed by atoms with E-state index in [2.05, 4.69) is 22.3 Å². The van der Waals surface area contributed by atoms with Crippen molar-refractivity contribution in [3.8, 4) is 17.1 Å². The van der Waals surface area contributed by atoms with Crippen LogP contribution in [0.2, 0.25) is 5.02 Å². The molecule has 1 aromatic heterocycles. The lowest BCUT2D eigenvalue weighted by Crippen LogP contribution is -2.46. The van der Waals surface area contributed by atoms with Gasteiger partial charge in [-0.25, -0.2) is 0 Å². The maximum atomic E-state index is 6.14. The van der Waals surface area contributed by atoms with E-state index in [9.17, 15) is 0 Å². The lowest BCUT2D eigenvalue weighted by Gasteiger charge is -2.37. The van der Waals surface area contributed by atoms with Gasteiger partial charge in [-0.15, -0.1) is 0 Å². The fourth-order valence-corrected chi connectivity index (χ4v) is 4.34. The first-order valence-electron chi connectivity index (χ1n) is 10.6. The third-order valence-electron chi connectivity index (χ3n) is 5.31. The number of ether oxygens (including phenoxy) is 1. The van der Waals surface area contributed by atoms with Gasteiger partial charge in [0.25, 0.3) is 5.89 Å². The molecule has 1 aliphatic rings. The van der Waals surface area contributed by atoms with Crippen molar-refractivity contribution < 1.29 is 9.26 Å². The maximum absolute atomic E-state index is 6.14. The molecule has 2 heterocycles. The van der Waals surface area contributed by atoms with Crippen molar-refractivity contribution in [1.29, 1.82) is 0 Å². The highest BCUT2D eigenvalue weighted by molar-refractivity contribution is 7.80. The summed E-state index contributed by atoms with van der Waals surface area (Å²) in [6.45, 7) is 7.55. The molecule has 4 rings (SSSR count). The Morgan fingerprint density at radius 3 is 2.66 bits per heavy atom. The monoisotopic (exact) mass is 468 g/mol. The summed E-state index contributed by atoms with van der Waals surface area (Å²) in [5, 5.41) is 8.98. The molecular formula is C24H25ClN4O2S. The summed E-state index contributed by atoms with van der Waals surface area (Å²) in [4.78, 5) is 6.79. The van der Waals surface area contributed by atoms with Crippen molar-refractivity contribution >= 4 is 34.5 Å². The topological polar surface area (TPSA) is 63.4 Å². The van der Waals surface area contributed by atoms with Gasteiger partial charge in [-0.05, 0) is 62.3 Å². The number of thiocarbonyl (C=S) groups is 1. The van der Waals surface area contributed by atoms with E-state index in [4.69, 9.17) is 38.1 Å². The van der Waals surface area contributed by atoms with Crippen LogP contribution in [0, 0.1) is 0 Å². The highest BCUT2D eigenvalue weighted by Gasteiger charge is 2.33. The number of nitrogens with zero attached hydrogens (tertiary/aromatic N) is 3. The average Bonchev–Trinajstić information content (AvgIpc) is 3.27. The molecule has 0 amide bonds. The minimum atomic E-state index is -0.223. The Hall–Kier alpha value is -2.90. The smallest absolute Gasteiger partial charge is 0.258 e. The molecule has 1 aliphatic heterocycles. The van der Waals surface area contributed by atoms with Crippen molar-refractivity contribution in [1.82, 2.24) is 20.4 Å². The van der Waals surface area contributed by atoms with Crippen LogP contribution in [0.5, 0.6) is 5.75 Å². The largest absolute Gasteiger partial charge is 0.494 e. The van der Waals surface area contributed by atoms with Crippen LogP contribution >= 0.6 is 23.8 Å². The molecule has 0 fully saturated rings. The van der Waals surface area contributed by atoms with Crippen LogP contribution in [0.4, 0.5) is 0 Å². The molecular weight excluding hydrogens is 444 g/mol. The summed E-state index contributed by atoms with van der Waals surface area (Å²) < 4.78 is 11.3. The van der Waals surface area contributed by atoms with Gasteiger partial charge in [0.1, 0.15) is 5.75 Å². The van der Waals surface area contributed by atoms with Gasteiger partial charge in [0.15, 0.2) is 5.11 Å². The van der Waals surface area contributed by atoms with Crippen LogP contribution in [-0.4, -0.2) is 33.3 Å². The van der Waals surface area contributed by atoms with E-state index in [1.54, 1.807) is 0 Å². The number of halogens is 1. The summed E-state index contributed by atoms with van der Waals surface area (Å²) in [5.74, 6) is 1.77. The Kier molecular flexibility index (Phi) is 6.77. The summed E-state index contributed by atoms with van der Waals surface area (Å²) in [6, 6.07) is 15.2. The van der Waals surface area contributed by atoms with Crippen LogP contribution in [0.15, 0.2) is 58.8 Å². The molecule has 1 atom stereocenters. The lowest BCUT2D eigenvalue weighted by atomic mass is 9.94. The van der Waals surface area contributed by atoms with E-state index in [1.807, 2.05) is 62.4 Å². The standard InChI is InChI=1S/C24H25ClN4O2S/c1-4-13-29-15(3)20(23-27-22(28-31-23)17-7-6-8-18(25)14-17)21(26-24(29)32)16-9-11-19(12-10-16)30-5-2/h6-12,14,21H,4-5,13H2,1-3H3,(H,26,32). The second-order valence-corrected chi connectivity index (χ2v) is 8.29. The first-order valence-corrected chi connectivity index (χ1v) is 11.4. The molecule has 0 saturated heterocycles. The predicted octanol–water partition coefficient (Wildman–Crippen LogP) is 5.86. The number of rotatable bonds is 7. The Balaban J connectivity index is 1.77. The van der Waals surface area contributed by atoms with E-state index >= 15 is 0 Å². The number of nitrogens with one attached hydrogen (secondary N) is 1. The summed E-state index contributed by atoms with van der Waals surface area (Å²) in [6.07, 6.45) is 0.956. The van der Waals surface area contributed by atoms with Crippen molar-refractivity contribution in [2.45, 2.75) is 33.2 Å². The van der Waals surface area contributed by atoms with Crippen LogP contribution in [0.1, 0.15) is 44.7 Å². The van der Waals surface area contributed by atoms with Crippen molar-refractivity contribution in [3.63, 3.8) is 0 Å². The first kappa shape index (κ1) is 22.3. The highest BCUT2D eigenvalue weighted by atomic mass is 35.5. The van der Waals surface area contributed by atoms with Crippen molar-refractivity contribution in [3.05, 3.63) is 70.7 Å². The fourth-order valence-electron chi connectivity index (χ4n) is 3.80. The third-order valence-corrected chi connectivity index (χ3v) is 5.88. The number of aromatic nitrogens is 2. The van der Waals surface area contributed by atoms with Gasteiger partial charge in [-0.1, -0.05) is 47.9 Å². The number of benzene rings is 2. The van der Waals surface area contributed by atoms with Crippen LogP contribution in [0.3, 0.4) is 0 Å². The summed E-state index contributed by atoms with van der Waals surface area (Å²) in [5.41, 5.74) is 3.73. The molecule has 2 aromatic carbocycles. The molecule has 1 unspecified atom stereocenters. The Morgan fingerprint density at radius 1 is 1.19 bits per heavy atom. The van der Waals surface area contributed by atoms with Gasteiger partial charge < -0.3 is 19.5 Å². The zero-order valence-electron chi connectivity index (χ0n) is 18.3. The predicted molar refractivity (Wildman–Crippen MR) is 130 cm³/mol. The van der Waals surface area contributed by atoms with E-state index in [-0.39, 0.29) is 6.04 Å². The van der Waals surface area contributed by atoms with E-state index in [0.29, 0.717) is 28.5 Å². The Labute approximate surface area is 198 Å². The normalized spacial score (nSPS) is 16.3. The molecule has 166 valence electrons. The van der Waals surface area contributed by atoms with E-state index < -0.39 is 0 Å². The first-order chi connectivity index (χ1) is 15.5. The maximum Gasteiger partial charge on any atom is 0.258 e. The molecule has 1 N–H and O–H groups in total. The summed E-state index contributed by atoms with van der Waals surface area (Å²) >= 11 is 11.8. The third kappa shape index (κ3) is 4.49. The van der Waals surface area contributed by atoms with Gasteiger partial charge in [0.2, 0.25) is 5.82 Å². The second kappa shape index (κ2) is 9.71. The van der Waals surface area contributed by atoms with Gasteiger partial charge in [0, 0.05) is 22.8 Å². The summed E-state index contributed by atoms with van der Waals surface area (Å²) in [7, 11) is 0. The van der Waals surface area contributed by atoms with Crippen LogP contribution in [0.25, 0.3) is 17.0 Å². The van der Waals surface area contributed by atoms with Crippen LogP contribution < -0.4 is 10.1 Å². The minimum absolute atomic E-state index is 0.223. The van der Waals surface area contributed by atoms with Gasteiger partial charge in [-0.2, -0.15) is 4.98 Å². The lowest BCUT2D eigenvalue weighted by molar-refractivity contribution is 0.340. The molecule has 32 heavy (non-hydrogen) atoms. The van der Waals surface area contributed by atoms with Gasteiger partial charge in [-0.3, -0.25) is 0 Å². The quantitative estimate of drug-likeness (QED) is 0.435. The molecule has 0 aliphatic carbocycles. The Morgan fingerprint density at radius 2 is 1.97 bits per heavy atom. The van der Waals surface area contributed by atoms with Gasteiger partial charge >= 0.3 is 0 Å². The molecule has 3 aromatic rings. The average molecular weight is 469 g/mol. The minimum Gasteiger partial charge on any atom is -0.494 e. The van der Waals surface area contributed by atoms with Crippen LogP contribution in [-0.2, 0) is 0 Å². The molecule has 0 saturated carbocycles.